The van der Waals surface area contributed by atoms with Crippen molar-refractivity contribution in [3.8, 4) is 0 Å². The number of nitrogens with one attached hydrogen (secondary N) is 1. The summed E-state index contributed by atoms with van der Waals surface area (Å²) in [5, 5.41) is 3.38. The van der Waals surface area contributed by atoms with Crippen molar-refractivity contribution in [2.45, 2.75) is 39.0 Å². The van der Waals surface area contributed by atoms with Crippen LogP contribution in [0.15, 0.2) is 16.6 Å². The van der Waals surface area contributed by atoms with Crippen molar-refractivity contribution in [2.24, 2.45) is 16.6 Å². The highest BCUT2D eigenvalue weighted by Gasteiger charge is 2.23. The molecular formula is C17H30N4O2. The summed E-state index contributed by atoms with van der Waals surface area (Å²) >= 11 is 0. The quantitative estimate of drug-likeness (QED) is 0.438. The number of likely N-dealkylation sites (tertiary alicyclic amines) is 1. The van der Waals surface area contributed by atoms with Crippen LogP contribution in [-0.2, 0) is 9.53 Å². The smallest absolute Gasteiger partial charge is 0.217 e. The first-order chi connectivity index (χ1) is 11.2. The summed E-state index contributed by atoms with van der Waals surface area (Å²) in [5.41, 5.74) is 6.79. The molecule has 0 aliphatic carbocycles. The van der Waals surface area contributed by atoms with Gasteiger partial charge in [-0.3, -0.25) is 9.79 Å². The highest BCUT2D eigenvalue weighted by atomic mass is 16.5. The lowest BCUT2D eigenvalue weighted by molar-refractivity contribution is -0.119. The number of primary amides is 1. The molecule has 0 saturated carbocycles. The molecule has 6 heteroatoms. The van der Waals surface area contributed by atoms with Crippen molar-refractivity contribution in [3.63, 3.8) is 0 Å². The van der Waals surface area contributed by atoms with Crippen LogP contribution in [0, 0.1) is 5.92 Å². The monoisotopic (exact) mass is 322 g/mol. The number of nitrogens with zero attached hydrogens (tertiary/aromatic N) is 2. The standard InChI is InChI=1S/C17H30N4O2/c1-2-19-17(20-8-5-14-6-10-23-11-7-14)21-9-3-4-15(13-21)12-16(18)22/h6,15H,2-5,7-13H2,1H3,(H2,18,22)(H,19,20). The molecule has 1 amide bonds. The summed E-state index contributed by atoms with van der Waals surface area (Å²) < 4.78 is 5.33. The highest BCUT2D eigenvalue weighted by Crippen LogP contribution is 2.19. The van der Waals surface area contributed by atoms with Gasteiger partial charge in [0.25, 0.3) is 0 Å². The van der Waals surface area contributed by atoms with Crippen LogP contribution in [0.5, 0.6) is 0 Å². The molecule has 0 radical (unpaired) electrons. The van der Waals surface area contributed by atoms with Gasteiger partial charge in [-0.2, -0.15) is 0 Å². The maximum absolute atomic E-state index is 11.2. The predicted octanol–water partition coefficient (Wildman–Crippen LogP) is 1.28. The molecular weight excluding hydrogens is 292 g/mol. The van der Waals surface area contributed by atoms with Gasteiger partial charge < -0.3 is 20.7 Å². The summed E-state index contributed by atoms with van der Waals surface area (Å²) in [4.78, 5) is 18.2. The van der Waals surface area contributed by atoms with Crippen LogP contribution in [0.3, 0.4) is 0 Å². The van der Waals surface area contributed by atoms with Gasteiger partial charge in [-0.15, -0.1) is 0 Å². The van der Waals surface area contributed by atoms with Gasteiger partial charge >= 0.3 is 0 Å². The molecule has 1 saturated heterocycles. The van der Waals surface area contributed by atoms with Crippen LogP contribution >= 0.6 is 0 Å². The van der Waals surface area contributed by atoms with Crippen molar-refractivity contribution in [2.75, 3.05) is 39.4 Å². The predicted molar refractivity (Wildman–Crippen MR) is 92.2 cm³/mol. The van der Waals surface area contributed by atoms with Gasteiger partial charge in [0.2, 0.25) is 5.91 Å². The molecule has 2 aliphatic heterocycles. The van der Waals surface area contributed by atoms with Crippen LogP contribution in [0.4, 0.5) is 0 Å². The van der Waals surface area contributed by atoms with Gasteiger partial charge in [0, 0.05) is 32.6 Å². The highest BCUT2D eigenvalue weighted by molar-refractivity contribution is 5.80. The van der Waals surface area contributed by atoms with Gasteiger partial charge in [0.1, 0.15) is 0 Å². The molecule has 23 heavy (non-hydrogen) atoms. The zero-order chi connectivity index (χ0) is 16.5. The molecule has 0 aromatic heterocycles. The SMILES string of the molecule is CCNC(=NCCC1=CCOCC1)N1CCCC(CC(N)=O)C1. The minimum absolute atomic E-state index is 0.203. The average Bonchev–Trinajstić information content (AvgIpc) is 2.55. The number of hydrogen-bond acceptors (Lipinski definition) is 3. The van der Waals surface area contributed by atoms with E-state index in [4.69, 9.17) is 15.5 Å². The first kappa shape index (κ1) is 17.8. The van der Waals surface area contributed by atoms with E-state index in [-0.39, 0.29) is 5.91 Å². The molecule has 0 aromatic rings. The van der Waals surface area contributed by atoms with E-state index in [9.17, 15) is 4.79 Å². The lowest BCUT2D eigenvalue weighted by atomic mass is 9.95. The number of guanidine groups is 1. The number of ether oxygens (including phenoxy) is 1. The van der Waals surface area contributed by atoms with Crippen molar-refractivity contribution in [1.82, 2.24) is 10.2 Å². The fourth-order valence-corrected chi connectivity index (χ4v) is 3.23. The molecule has 1 fully saturated rings. The van der Waals surface area contributed by atoms with Crippen LogP contribution in [0.25, 0.3) is 0 Å². The number of piperidine rings is 1. The molecule has 130 valence electrons. The second-order valence-corrected chi connectivity index (χ2v) is 6.30. The number of carbonyl (C=O) groups is 1. The zero-order valence-corrected chi connectivity index (χ0v) is 14.2. The van der Waals surface area contributed by atoms with E-state index in [0.717, 1.165) is 71.0 Å². The number of carbonyl (C=O) groups excluding carboxylic acids is 1. The number of hydrogen-bond donors (Lipinski definition) is 2. The van der Waals surface area contributed by atoms with Crippen molar-refractivity contribution >= 4 is 11.9 Å². The number of nitrogens with two attached hydrogens (primary N) is 1. The third-order valence-electron chi connectivity index (χ3n) is 4.40. The second kappa shape index (κ2) is 9.55. The van der Waals surface area contributed by atoms with Crippen molar-refractivity contribution in [1.29, 1.82) is 0 Å². The van der Waals surface area contributed by atoms with Gasteiger partial charge in [-0.25, -0.2) is 0 Å². The van der Waals surface area contributed by atoms with E-state index < -0.39 is 0 Å². The Balaban J connectivity index is 1.89. The Morgan fingerprint density at radius 2 is 2.43 bits per heavy atom. The molecule has 2 aliphatic rings. The average molecular weight is 322 g/mol. The molecule has 0 spiro atoms. The zero-order valence-electron chi connectivity index (χ0n) is 14.2. The first-order valence-corrected chi connectivity index (χ1v) is 8.76. The van der Waals surface area contributed by atoms with E-state index in [2.05, 4.69) is 23.2 Å². The molecule has 0 bridgehead atoms. The molecule has 2 rings (SSSR count). The Bertz CT molecular complexity index is 448. The van der Waals surface area contributed by atoms with Crippen LogP contribution in [0.1, 0.15) is 39.0 Å². The van der Waals surface area contributed by atoms with Crippen LogP contribution in [0.2, 0.25) is 0 Å². The molecule has 6 nitrogen and oxygen atoms in total. The fourth-order valence-electron chi connectivity index (χ4n) is 3.23. The van der Waals surface area contributed by atoms with Gasteiger partial charge in [0.15, 0.2) is 5.96 Å². The van der Waals surface area contributed by atoms with E-state index >= 15 is 0 Å². The molecule has 2 heterocycles. The fraction of sp³-hybridized carbons (Fsp3) is 0.765. The van der Waals surface area contributed by atoms with Gasteiger partial charge in [-0.05, 0) is 38.5 Å². The largest absolute Gasteiger partial charge is 0.377 e. The Morgan fingerprint density at radius 3 is 3.13 bits per heavy atom. The number of aliphatic imine (C=N–C) groups is 1. The second-order valence-electron chi connectivity index (χ2n) is 6.30. The minimum atomic E-state index is -0.203. The lowest BCUT2D eigenvalue weighted by Gasteiger charge is -2.34. The summed E-state index contributed by atoms with van der Waals surface area (Å²) in [6, 6.07) is 0. The summed E-state index contributed by atoms with van der Waals surface area (Å²) in [6.07, 6.45) is 6.84. The van der Waals surface area contributed by atoms with E-state index in [0.29, 0.717) is 12.3 Å². The Hall–Kier alpha value is -1.56. The van der Waals surface area contributed by atoms with Gasteiger partial charge in [0.05, 0.1) is 13.2 Å². The molecule has 0 aromatic carbocycles. The topological polar surface area (TPSA) is 80.0 Å². The van der Waals surface area contributed by atoms with E-state index in [1.54, 1.807) is 0 Å². The summed E-state index contributed by atoms with van der Waals surface area (Å²) in [6.45, 7) is 7.17. The van der Waals surface area contributed by atoms with Crippen LogP contribution in [-0.4, -0.2) is 56.2 Å². The number of rotatable bonds is 6. The Morgan fingerprint density at radius 1 is 1.57 bits per heavy atom. The summed E-state index contributed by atoms with van der Waals surface area (Å²) in [5.74, 6) is 1.11. The van der Waals surface area contributed by atoms with E-state index in [1.807, 2.05) is 0 Å². The molecule has 3 N–H and O–H groups in total. The van der Waals surface area contributed by atoms with Crippen molar-refractivity contribution in [3.05, 3.63) is 11.6 Å². The van der Waals surface area contributed by atoms with Crippen LogP contribution < -0.4 is 11.1 Å². The Labute approximate surface area is 139 Å². The van der Waals surface area contributed by atoms with Gasteiger partial charge in [-0.1, -0.05) is 11.6 Å². The molecule has 1 unspecified atom stereocenters. The maximum atomic E-state index is 11.2. The maximum Gasteiger partial charge on any atom is 0.217 e. The third kappa shape index (κ3) is 6.22. The number of amides is 1. The molecule has 1 atom stereocenters. The Kier molecular flexibility index (Phi) is 7.39. The summed E-state index contributed by atoms with van der Waals surface area (Å²) in [7, 11) is 0. The third-order valence-corrected chi connectivity index (χ3v) is 4.40. The first-order valence-electron chi connectivity index (χ1n) is 8.76. The normalized spacial score (nSPS) is 22.7. The van der Waals surface area contributed by atoms with E-state index in [1.165, 1.54) is 5.57 Å². The minimum Gasteiger partial charge on any atom is -0.377 e. The lowest BCUT2D eigenvalue weighted by Crippen LogP contribution is -2.47. The van der Waals surface area contributed by atoms with Crippen molar-refractivity contribution < 1.29 is 9.53 Å².